The van der Waals surface area contributed by atoms with Crippen molar-refractivity contribution in [2.24, 2.45) is 0 Å². The number of amides is 1. The highest BCUT2D eigenvalue weighted by molar-refractivity contribution is 5.91. The number of ether oxygens (including phenoxy) is 1. The lowest BCUT2D eigenvalue weighted by Crippen LogP contribution is -2.22. The van der Waals surface area contributed by atoms with Crippen LogP contribution >= 0.6 is 0 Å². The minimum absolute atomic E-state index is 0.0514. The second-order valence-electron chi connectivity index (χ2n) is 9.59. The number of hydrogen-bond acceptors (Lipinski definition) is 3. The van der Waals surface area contributed by atoms with Gasteiger partial charge >= 0.3 is 0 Å². The van der Waals surface area contributed by atoms with Crippen LogP contribution in [0, 0.1) is 0 Å². The molecule has 0 fully saturated rings. The molecule has 0 saturated heterocycles. The summed E-state index contributed by atoms with van der Waals surface area (Å²) < 4.78 is 8.34. The Hall–Kier alpha value is -3.86. The summed E-state index contributed by atoms with van der Waals surface area (Å²) in [5, 5.41) is 2.97. The number of aromatic nitrogens is 2. The van der Waals surface area contributed by atoms with Gasteiger partial charge in [0.25, 0.3) is 0 Å². The maximum Gasteiger partial charge on any atom is 0.243 e. The van der Waals surface area contributed by atoms with Crippen LogP contribution in [0.5, 0.6) is 5.75 Å². The second-order valence-corrected chi connectivity index (χ2v) is 9.59. The van der Waals surface area contributed by atoms with E-state index in [2.05, 4.69) is 66.2 Å². The maximum atomic E-state index is 12.0. The van der Waals surface area contributed by atoms with E-state index < -0.39 is 0 Å². The number of nitrogens with zero attached hydrogens (tertiary/aromatic N) is 2. The molecule has 0 bridgehead atoms. The van der Waals surface area contributed by atoms with Crippen LogP contribution in [-0.2, 0) is 17.8 Å². The standard InChI is InChI=1S/C32H37N3O2/c1-25(2)27-17-19-28(20-18-27)37-24-23-35-30-14-9-8-13-29(30)34-31(35)15-7-4-10-22-33-32(36)21-16-26-11-5-3-6-12-26/h3,5-6,8-9,11-14,16-21,25H,4,7,10,15,22-24H2,1-2H3,(H,33,36)/b21-16+. The van der Waals surface area contributed by atoms with Gasteiger partial charge in [-0.15, -0.1) is 0 Å². The summed E-state index contributed by atoms with van der Waals surface area (Å²) in [6.45, 7) is 6.42. The lowest BCUT2D eigenvalue weighted by Gasteiger charge is -2.12. The van der Waals surface area contributed by atoms with E-state index in [-0.39, 0.29) is 5.91 Å². The van der Waals surface area contributed by atoms with Crippen LogP contribution in [-0.4, -0.2) is 28.6 Å². The summed E-state index contributed by atoms with van der Waals surface area (Å²) in [7, 11) is 0. The van der Waals surface area contributed by atoms with Crippen molar-refractivity contribution in [3.05, 3.63) is 102 Å². The van der Waals surface area contributed by atoms with E-state index in [4.69, 9.17) is 9.72 Å². The molecule has 0 saturated carbocycles. The van der Waals surface area contributed by atoms with Gasteiger partial charge in [0.05, 0.1) is 17.6 Å². The van der Waals surface area contributed by atoms with Crippen LogP contribution in [0.1, 0.15) is 56.0 Å². The fourth-order valence-electron chi connectivity index (χ4n) is 4.36. The highest BCUT2D eigenvalue weighted by Gasteiger charge is 2.10. The van der Waals surface area contributed by atoms with Crippen molar-refractivity contribution in [1.29, 1.82) is 0 Å². The van der Waals surface area contributed by atoms with E-state index in [1.807, 2.05) is 42.5 Å². The van der Waals surface area contributed by atoms with Gasteiger partial charge in [-0.05, 0) is 60.2 Å². The summed E-state index contributed by atoms with van der Waals surface area (Å²) in [4.78, 5) is 16.9. The van der Waals surface area contributed by atoms with Gasteiger partial charge in [0, 0.05) is 19.0 Å². The molecule has 0 spiro atoms. The molecule has 0 aliphatic heterocycles. The molecule has 4 rings (SSSR count). The smallest absolute Gasteiger partial charge is 0.243 e. The molecule has 1 heterocycles. The van der Waals surface area contributed by atoms with E-state index in [1.165, 1.54) is 5.56 Å². The minimum atomic E-state index is -0.0514. The first-order valence-electron chi connectivity index (χ1n) is 13.3. The number of fused-ring (bicyclic) bond motifs is 1. The molecule has 1 amide bonds. The summed E-state index contributed by atoms with van der Waals surface area (Å²) in [5.41, 5.74) is 4.51. The van der Waals surface area contributed by atoms with E-state index in [9.17, 15) is 4.79 Å². The normalized spacial score (nSPS) is 11.4. The Morgan fingerprint density at radius 3 is 2.49 bits per heavy atom. The van der Waals surface area contributed by atoms with Crippen LogP contribution in [0.15, 0.2) is 84.9 Å². The average molecular weight is 496 g/mol. The second kappa shape index (κ2) is 13.4. The zero-order valence-electron chi connectivity index (χ0n) is 21.9. The number of benzene rings is 3. The highest BCUT2D eigenvalue weighted by Crippen LogP contribution is 2.20. The number of carbonyl (C=O) groups is 1. The Bertz CT molecular complexity index is 1290. The zero-order valence-corrected chi connectivity index (χ0v) is 21.9. The fourth-order valence-corrected chi connectivity index (χ4v) is 4.36. The van der Waals surface area contributed by atoms with Crippen LogP contribution in [0.2, 0.25) is 0 Å². The summed E-state index contributed by atoms with van der Waals surface area (Å²) >= 11 is 0. The third-order valence-corrected chi connectivity index (χ3v) is 6.47. The molecule has 1 aromatic heterocycles. The first-order chi connectivity index (χ1) is 18.1. The molecular weight excluding hydrogens is 458 g/mol. The van der Waals surface area contributed by atoms with Gasteiger partial charge < -0.3 is 14.6 Å². The van der Waals surface area contributed by atoms with Crippen molar-refractivity contribution in [2.45, 2.75) is 52.0 Å². The van der Waals surface area contributed by atoms with Crippen molar-refractivity contribution < 1.29 is 9.53 Å². The Morgan fingerprint density at radius 1 is 0.946 bits per heavy atom. The summed E-state index contributed by atoms with van der Waals surface area (Å²) in [6, 6.07) is 26.5. The quantitative estimate of drug-likeness (QED) is 0.164. The predicted molar refractivity (Wildman–Crippen MR) is 152 cm³/mol. The van der Waals surface area contributed by atoms with Gasteiger partial charge in [-0.3, -0.25) is 4.79 Å². The van der Waals surface area contributed by atoms with Crippen molar-refractivity contribution in [3.63, 3.8) is 0 Å². The monoisotopic (exact) mass is 495 g/mol. The van der Waals surface area contributed by atoms with Crippen molar-refractivity contribution >= 4 is 23.0 Å². The van der Waals surface area contributed by atoms with Crippen LogP contribution in [0.3, 0.4) is 0 Å². The van der Waals surface area contributed by atoms with Crippen molar-refractivity contribution in [3.8, 4) is 5.75 Å². The fraction of sp³-hybridized carbons (Fsp3) is 0.312. The lowest BCUT2D eigenvalue weighted by molar-refractivity contribution is -0.116. The summed E-state index contributed by atoms with van der Waals surface area (Å²) in [5.74, 6) is 2.46. The van der Waals surface area contributed by atoms with E-state index in [0.29, 0.717) is 19.1 Å². The Kier molecular flexibility index (Phi) is 9.53. The number of imidazole rings is 1. The van der Waals surface area contributed by atoms with Gasteiger partial charge in [0.15, 0.2) is 0 Å². The number of unbranched alkanes of at least 4 members (excludes halogenated alkanes) is 2. The topological polar surface area (TPSA) is 56.1 Å². The molecule has 5 heteroatoms. The molecule has 0 unspecified atom stereocenters. The molecule has 0 atom stereocenters. The molecular formula is C32H37N3O2. The molecule has 4 aromatic rings. The molecule has 5 nitrogen and oxygen atoms in total. The van der Waals surface area contributed by atoms with Crippen LogP contribution < -0.4 is 10.1 Å². The molecule has 37 heavy (non-hydrogen) atoms. The van der Waals surface area contributed by atoms with E-state index >= 15 is 0 Å². The van der Waals surface area contributed by atoms with Crippen LogP contribution in [0.4, 0.5) is 0 Å². The summed E-state index contributed by atoms with van der Waals surface area (Å²) in [6.07, 6.45) is 7.34. The SMILES string of the molecule is CC(C)c1ccc(OCCn2c(CCCCCNC(=O)/C=C/c3ccccc3)nc3ccccc32)cc1. The molecule has 3 aromatic carbocycles. The predicted octanol–water partition coefficient (Wildman–Crippen LogP) is 6.78. The minimum Gasteiger partial charge on any atom is -0.492 e. The third kappa shape index (κ3) is 7.81. The van der Waals surface area contributed by atoms with Gasteiger partial charge in [-0.25, -0.2) is 4.98 Å². The Labute approximate surface area is 220 Å². The van der Waals surface area contributed by atoms with Gasteiger partial charge in [0.2, 0.25) is 5.91 Å². The number of para-hydroxylation sites is 2. The molecule has 0 radical (unpaired) electrons. The van der Waals surface area contributed by atoms with Gasteiger partial charge in [-0.1, -0.05) is 74.9 Å². The lowest BCUT2D eigenvalue weighted by atomic mass is 10.0. The van der Waals surface area contributed by atoms with E-state index in [1.54, 1.807) is 6.08 Å². The number of hydrogen-bond donors (Lipinski definition) is 1. The first-order valence-corrected chi connectivity index (χ1v) is 13.3. The molecule has 0 aliphatic rings. The molecule has 192 valence electrons. The van der Waals surface area contributed by atoms with Crippen molar-refractivity contribution in [1.82, 2.24) is 14.9 Å². The number of nitrogens with one attached hydrogen (secondary N) is 1. The number of aryl methyl sites for hydroxylation is 1. The van der Waals surface area contributed by atoms with Gasteiger partial charge in [0.1, 0.15) is 18.2 Å². The molecule has 0 aliphatic carbocycles. The van der Waals surface area contributed by atoms with E-state index in [0.717, 1.165) is 60.4 Å². The Balaban J connectivity index is 1.23. The van der Waals surface area contributed by atoms with Crippen LogP contribution in [0.25, 0.3) is 17.1 Å². The average Bonchev–Trinajstić information content (AvgIpc) is 3.27. The first kappa shape index (κ1) is 26.2. The maximum absolute atomic E-state index is 12.0. The zero-order chi connectivity index (χ0) is 25.9. The molecule has 1 N–H and O–H groups in total. The van der Waals surface area contributed by atoms with Gasteiger partial charge in [-0.2, -0.15) is 0 Å². The third-order valence-electron chi connectivity index (χ3n) is 6.47. The highest BCUT2D eigenvalue weighted by atomic mass is 16.5. The number of carbonyl (C=O) groups excluding carboxylic acids is 1. The van der Waals surface area contributed by atoms with Crippen molar-refractivity contribution in [2.75, 3.05) is 13.2 Å². The Morgan fingerprint density at radius 2 is 1.70 bits per heavy atom. The largest absolute Gasteiger partial charge is 0.492 e. The number of rotatable bonds is 13.